The third-order valence-corrected chi connectivity index (χ3v) is 2.61. The van der Waals surface area contributed by atoms with Gasteiger partial charge in [0.05, 0.1) is 22.9 Å². The van der Waals surface area contributed by atoms with Crippen molar-refractivity contribution in [3.8, 4) is 11.4 Å². The van der Waals surface area contributed by atoms with Crippen molar-refractivity contribution in [1.82, 2.24) is 9.97 Å². The van der Waals surface area contributed by atoms with E-state index in [1.807, 2.05) is 24.3 Å². The van der Waals surface area contributed by atoms with Crippen molar-refractivity contribution in [2.75, 3.05) is 0 Å². The Kier molecular flexibility index (Phi) is 2.01. The summed E-state index contributed by atoms with van der Waals surface area (Å²) in [6.07, 6.45) is 3.30. The molecule has 0 aliphatic rings. The quantitative estimate of drug-likeness (QED) is 0.686. The number of nitrogens with two attached hydrogens (primary N) is 1. The fourth-order valence-corrected chi connectivity index (χ4v) is 1.79. The van der Waals surface area contributed by atoms with Crippen molar-refractivity contribution in [1.29, 1.82) is 0 Å². The van der Waals surface area contributed by atoms with Gasteiger partial charge in [0.15, 0.2) is 0 Å². The van der Waals surface area contributed by atoms with Crippen LogP contribution in [0.5, 0.6) is 0 Å². The molecule has 1 aromatic carbocycles. The van der Waals surface area contributed by atoms with Crippen LogP contribution in [0.2, 0.25) is 0 Å². The van der Waals surface area contributed by atoms with Crippen molar-refractivity contribution in [3.05, 3.63) is 42.4 Å². The lowest BCUT2D eigenvalue weighted by molar-refractivity contribution is 0.568. The first-order valence-electron chi connectivity index (χ1n) is 5.09. The van der Waals surface area contributed by atoms with Gasteiger partial charge in [0.1, 0.15) is 12.1 Å². The van der Waals surface area contributed by atoms with Gasteiger partial charge in [0.2, 0.25) is 0 Å². The third kappa shape index (κ3) is 1.31. The van der Waals surface area contributed by atoms with Gasteiger partial charge in [-0.2, -0.15) is 0 Å². The topological polar surface area (TPSA) is 67.8 Å². The maximum absolute atomic E-state index is 5.67. The lowest BCUT2D eigenvalue weighted by atomic mass is 10.2. The van der Waals surface area contributed by atoms with Crippen LogP contribution in [0.25, 0.3) is 22.4 Å². The van der Waals surface area contributed by atoms with Gasteiger partial charge in [-0.25, -0.2) is 4.98 Å². The van der Waals surface area contributed by atoms with Crippen LogP contribution in [0.4, 0.5) is 0 Å². The summed E-state index contributed by atoms with van der Waals surface area (Å²) in [6, 6.07) is 7.83. The summed E-state index contributed by atoms with van der Waals surface area (Å²) in [5.74, 6) is 0.810. The van der Waals surface area contributed by atoms with E-state index in [9.17, 15) is 0 Å². The van der Waals surface area contributed by atoms with Crippen molar-refractivity contribution in [2.45, 2.75) is 6.54 Å². The number of benzene rings is 1. The number of H-pyrrole nitrogens is 1. The van der Waals surface area contributed by atoms with Gasteiger partial charge in [-0.15, -0.1) is 0 Å². The number of aromatic nitrogens is 2. The van der Waals surface area contributed by atoms with E-state index in [0.717, 1.165) is 28.0 Å². The number of imidazole rings is 1. The summed E-state index contributed by atoms with van der Waals surface area (Å²) in [4.78, 5) is 7.78. The molecule has 3 rings (SSSR count). The van der Waals surface area contributed by atoms with Crippen LogP contribution in [-0.2, 0) is 6.54 Å². The third-order valence-electron chi connectivity index (χ3n) is 2.61. The predicted octanol–water partition coefficient (Wildman–Crippen LogP) is 2.28. The standard InChI is InChI=1S/C12H11N3O/c13-6-8-2-1-3-10-11(8)15-12(14-10)9-4-5-16-7-9/h1-5,7H,6,13H2,(H,14,15). The molecule has 0 saturated carbocycles. The van der Waals surface area contributed by atoms with Crippen LogP contribution in [-0.4, -0.2) is 9.97 Å². The summed E-state index contributed by atoms with van der Waals surface area (Å²) < 4.78 is 5.04. The highest BCUT2D eigenvalue weighted by Gasteiger charge is 2.08. The average molecular weight is 213 g/mol. The summed E-state index contributed by atoms with van der Waals surface area (Å²) in [6.45, 7) is 0.493. The summed E-state index contributed by atoms with van der Waals surface area (Å²) >= 11 is 0. The number of nitrogens with zero attached hydrogens (tertiary/aromatic N) is 1. The van der Waals surface area contributed by atoms with Crippen LogP contribution < -0.4 is 5.73 Å². The molecular weight excluding hydrogens is 202 g/mol. The van der Waals surface area contributed by atoms with Crippen LogP contribution in [0.3, 0.4) is 0 Å². The molecule has 4 nitrogen and oxygen atoms in total. The summed E-state index contributed by atoms with van der Waals surface area (Å²) in [5, 5.41) is 0. The van der Waals surface area contributed by atoms with Gasteiger partial charge in [-0.3, -0.25) is 0 Å². The molecule has 3 N–H and O–H groups in total. The van der Waals surface area contributed by atoms with Crippen LogP contribution >= 0.6 is 0 Å². The lowest BCUT2D eigenvalue weighted by Crippen LogP contribution is -1.96. The molecule has 0 radical (unpaired) electrons. The number of rotatable bonds is 2. The van der Waals surface area contributed by atoms with Crippen molar-refractivity contribution in [2.24, 2.45) is 5.73 Å². The zero-order valence-electron chi connectivity index (χ0n) is 8.60. The van der Waals surface area contributed by atoms with Gasteiger partial charge < -0.3 is 15.1 Å². The summed E-state index contributed by atoms with van der Waals surface area (Å²) in [5.41, 5.74) is 9.59. The Labute approximate surface area is 92.1 Å². The Balaban J connectivity index is 2.23. The molecule has 0 amide bonds. The van der Waals surface area contributed by atoms with Crippen LogP contribution in [0.1, 0.15) is 5.56 Å². The molecule has 0 fully saturated rings. The maximum Gasteiger partial charge on any atom is 0.141 e. The van der Waals surface area contributed by atoms with Crippen molar-refractivity contribution < 1.29 is 4.42 Å². The van der Waals surface area contributed by atoms with Crippen molar-refractivity contribution >= 4 is 11.0 Å². The van der Waals surface area contributed by atoms with Crippen LogP contribution in [0, 0.1) is 0 Å². The summed E-state index contributed by atoms with van der Waals surface area (Å²) in [7, 11) is 0. The molecule has 80 valence electrons. The highest BCUT2D eigenvalue weighted by Crippen LogP contribution is 2.22. The highest BCUT2D eigenvalue weighted by atomic mass is 16.3. The van der Waals surface area contributed by atoms with E-state index in [1.54, 1.807) is 12.5 Å². The minimum absolute atomic E-state index is 0.493. The molecule has 2 aromatic heterocycles. The monoisotopic (exact) mass is 213 g/mol. The van der Waals surface area contributed by atoms with E-state index in [2.05, 4.69) is 9.97 Å². The Hall–Kier alpha value is -2.07. The number of nitrogens with one attached hydrogen (secondary N) is 1. The second kappa shape index (κ2) is 3.50. The molecule has 0 spiro atoms. The van der Waals surface area contributed by atoms with Crippen LogP contribution in [0.15, 0.2) is 41.2 Å². The van der Waals surface area contributed by atoms with Gasteiger partial charge in [-0.1, -0.05) is 12.1 Å². The Morgan fingerprint density at radius 1 is 1.31 bits per heavy atom. The highest BCUT2D eigenvalue weighted by molar-refractivity contribution is 5.82. The predicted molar refractivity (Wildman–Crippen MR) is 61.7 cm³/mol. The van der Waals surface area contributed by atoms with E-state index >= 15 is 0 Å². The largest absolute Gasteiger partial charge is 0.472 e. The van der Waals surface area contributed by atoms with Gasteiger partial charge in [0, 0.05) is 6.54 Å². The minimum atomic E-state index is 0.493. The second-order valence-electron chi connectivity index (χ2n) is 3.61. The van der Waals surface area contributed by atoms with E-state index < -0.39 is 0 Å². The van der Waals surface area contributed by atoms with E-state index in [1.165, 1.54) is 0 Å². The maximum atomic E-state index is 5.67. The zero-order chi connectivity index (χ0) is 11.0. The van der Waals surface area contributed by atoms with E-state index in [0.29, 0.717) is 6.54 Å². The number of hydrogen-bond acceptors (Lipinski definition) is 3. The van der Waals surface area contributed by atoms with Gasteiger partial charge in [-0.05, 0) is 17.7 Å². The molecule has 3 aromatic rings. The fourth-order valence-electron chi connectivity index (χ4n) is 1.79. The van der Waals surface area contributed by atoms with E-state index in [4.69, 9.17) is 10.2 Å². The molecule has 0 bridgehead atoms. The lowest BCUT2D eigenvalue weighted by Gasteiger charge is -1.95. The smallest absolute Gasteiger partial charge is 0.141 e. The molecule has 0 unspecified atom stereocenters. The first-order chi connectivity index (χ1) is 7.88. The number of furan rings is 1. The Morgan fingerprint density at radius 2 is 2.25 bits per heavy atom. The van der Waals surface area contributed by atoms with E-state index in [-0.39, 0.29) is 0 Å². The normalized spacial score (nSPS) is 11.1. The molecular formula is C12H11N3O. The second-order valence-corrected chi connectivity index (χ2v) is 3.61. The Morgan fingerprint density at radius 3 is 3.00 bits per heavy atom. The van der Waals surface area contributed by atoms with Gasteiger partial charge in [0.25, 0.3) is 0 Å². The number of aromatic amines is 1. The SMILES string of the molecule is NCc1cccc2[nH]c(-c3ccoc3)nc12. The average Bonchev–Trinajstić information content (AvgIpc) is 2.96. The van der Waals surface area contributed by atoms with Gasteiger partial charge >= 0.3 is 0 Å². The molecule has 0 atom stereocenters. The first-order valence-corrected chi connectivity index (χ1v) is 5.09. The minimum Gasteiger partial charge on any atom is -0.472 e. The molecule has 0 saturated heterocycles. The fraction of sp³-hybridized carbons (Fsp3) is 0.0833. The molecule has 16 heavy (non-hydrogen) atoms. The molecule has 0 aliphatic heterocycles. The molecule has 4 heteroatoms. The van der Waals surface area contributed by atoms with Crippen molar-refractivity contribution in [3.63, 3.8) is 0 Å². The zero-order valence-corrected chi connectivity index (χ0v) is 8.60. The number of hydrogen-bond donors (Lipinski definition) is 2. The number of para-hydroxylation sites is 1. The molecule has 2 heterocycles. The molecule has 0 aliphatic carbocycles. The first kappa shape index (κ1) is 9.18. The Bertz CT molecular complexity index is 610. The number of fused-ring (bicyclic) bond motifs is 1.